The molecule has 0 saturated carbocycles. The van der Waals surface area contributed by atoms with Crippen LogP contribution in [0.15, 0.2) is 24.7 Å². The first kappa shape index (κ1) is 12.3. The molecule has 17 heavy (non-hydrogen) atoms. The minimum absolute atomic E-state index is 0.174. The van der Waals surface area contributed by atoms with Crippen molar-refractivity contribution in [2.45, 2.75) is 6.54 Å². The van der Waals surface area contributed by atoms with E-state index >= 15 is 0 Å². The Morgan fingerprint density at radius 3 is 2.71 bits per heavy atom. The molecule has 0 amide bonds. The lowest BCUT2D eigenvalue weighted by molar-refractivity contribution is -0.742. The fourth-order valence-electron chi connectivity index (χ4n) is 1.14. The molecule has 0 aromatic carbocycles. The van der Waals surface area contributed by atoms with Gasteiger partial charge < -0.3 is 9.79 Å². The maximum atomic E-state index is 10.7. The number of aromatic nitrogens is 4. The Balaban J connectivity index is 2.09. The van der Waals surface area contributed by atoms with Gasteiger partial charge in [-0.2, -0.15) is 0 Å². The Hall–Kier alpha value is -1.21. The molecule has 0 fully saturated rings. The number of hydrogen-bond donors (Lipinski definition) is 2. The van der Waals surface area contributed by atoms with Crippen LogP contribution in [0.25, 0.3) is 10.7 Å². The highest BCUT2D eigenvalue weighted by Crippen LogP contribution is 2.33. The van der Waals surface area contributed by atoms with Gasteiger partial charge in [-0.3, -0.25) is 4.57 Å². The van der Waals surface area contributed by atoms with Crippen LogP contribution in [0, 0.1) is 0 Å². The minimum Gasteiger partial charge on any atom is -0.324 e. The van der Waals surface area contributed by atoms with Crippen LogP contribution in [0.1, 0.15) is 0 Å². The zero-order valence-corrected chi connectivity index (χ0v) is 10.4. The summed E-state index contributed by atoms with van der Waals surface area (Å²) < 4.78 is 16.2. The van der Waals surface area contributed by atoms with Crippen molar-refractivity contribution in [1.82, 2.24) is 14.5 Å². The highest BCUT2D eigenvalue weighted by molar-refractivity contribution is 7.51. The highest BCUT2D eigenvalue weighted by atomic mass is 32.1. The topological polar surface area (TPSA) is 100 Å². The monoisotopic (exact) mass is 273 g/mol. The van der Waals surface area contributed by atoms with E-state index in [1.54, 1.807) is 24.7 Å². The Kier molecular flexibility index (Phi) is 3.58. The molecule has 0 saturated heterocycles. The first-order chi connectivity index (χ1) is 8.04. The second kappa shape index (κ2) is 4.97. The molecular formula is C8H10N4O3PS+. The molecule has 7 nitrogen and oxygen atoms in total. The van der Waals surface area contributed by atoms with Crippen molar-refractivity contribution in [3.8, 4) is 10.7 Å². The lowest BCUT2D eigenvalue weighted by Crippen LogP contribution is -2.36. The van der Waals surface area contributed by atoms with Crippen LogP contribution in [-0.4, -0.2) is 30.4 Å². The Morgan fingerprint density at radius 2 is 2.06 bits per heavy atom. The quantitative estimate of drug-likeness (QED) is 0.604. The fourth-order valence-corrected chi connectivity index (χ4v) is 2.28. The van der Waals surface area contributed by atoms with Gasteiger partial charge in [0.15, 0.2) is 17.2 Å². The second-order valence-corrected chi connectivity index (χ2v) is 5.85. The normalized spacial score (nSPS) is 11.6. The molecule has 0 radical (unpaired) electrons. The van der Waals surface area contributed by atoms with Gasteiger partial charge in [0.25, 0.3) is 0 Å². The third-order valence-electron chi connectivity index (χ3n) is 1.92. The van der Waals surface area contributed by atoms with Crippen LogP contribution < -0.4 is 4.68 Å². The smallest absolute Gasteiger partial charge is 0.324 e. The van der Waals surface area contributed by atoms with Gasteiger partial charge in [0.2, 0.25) is 6.20 Å². The summed E-state index contributed by atoms with van der Waals surface area (Å²) in [5.74, 6) is 0.555. The van der Waals surface area contributed by atoms with Gasteiger partial charge in [-0.1, -0.05) is 4.68 Å². The Labute approximate surface area is 101 Å². The van der Waals surface area contributed by atoms with E-state index in [0.29, 0.717) is 5.82 Å². The van der Waals surface area contributed by atoms with E-state index in [2.05, 4.69) is 14.5 Å². The first-order valence-electron chi connectivity index (χ1n) is 4.73. The van der Waals surface area contributed by atoms with Crippen molar-refractivity contribution in [2.24, 2.45) is 0 Å². The van der Waals surface area contributed by atoms with Crippen molar-refractivity contribution in [3.05, 3.63) is 24.7 Å². The summed E-state index contributed by atoms with van der Waals surface area (Å²) in [5.41, 5.74) is 0. The van der Waals surface area contributed by atoms with Crippen molar-refractivity contribution in [2.75, 3.05) is 6.16 Å². The zero-order chi connectivity index (χ0) is 12.3. The van der Waals surface area contributed by atoms with Crippen molar-refractivity contribution in [1.29, 1.82) is 0 Å². The summed E-state index contributed by atoms with van der Waals surface area (Å²) in [5, 5.41) is 0. The Morgan fingerprint density at radius 1 is 1.35 bits per heavy atom. The van der Waals surface area contributed by atoms with Gasteiger partial charge in [0.05, 0.1) is 4.49 Å². The van der Waals surface area contributed by atoms with Crippen molar-refractivity contribution >= 4 is 19.1 Å². The largest absolute Gasteiger partial charge is 0.332 e. The number of aryl methyl sites for hydroxylation is 1. The van der Waals surface area contributed by atoms with Gasteiger partial charge in [-0.25, -0.2) is 9.97 Å². The van der Waals surface area contributed by atoms with E-state index in [0.717, 1.165) is 4.88 Å². The van der Waals surface area contributed by atoms with E-state index in [-0.39, 0.29) is 12.7 Å². The molecule has 90 valence electrons. The lowest BCUT2D eigenvalue weighted by Gasteiger charge is -1.96. The molecule has 0 aliphatic heterocycles. The van der Waals surface area contributed by atoms with Gasteiger partial charge in [0.1, 0.15) is 6.16 Å². The molecule has 2 aromatic heterocycles. The van der Waals surface area contributed by atoms with Crippen LogP contribution in [-0.2, 0) is 11.1 Å². The predicted molar refractivity (Wildman–Crippen MR) is 60.2 cm³/mol. The fraction of sp³-hybridized carbons (Fsp3) is 0.250. The predicted octanol–water partition coefficient (Wildman–Crippen LogP) is 0.0653. The average Bonchev–Trinajstić information content (AvgIpc) is 2.75. The van der Waals surface area contributed by atoms with Gasteiger partial charge in [0, 0.05) is 23.9 Å². The van der Waals surface area contributed by atoms with E-state index in [1.807, 2.05) is 0 Å². The molecule has 9 heteroatoms. The number of hydrogen-bond acceptors (Lipinski definition) is 5. The third-order valence-corrected chi connectivity index (χ3v) is 3.48. The molecule has 0 aliphatic carbocycles. The van der Waals surface area contributed by atoms with Gasteiger partial charge >= 0.3 is 7.60 Å². The van der Waals surface area contributed by atoms with Crippen LogP contribution in [0.3, 0.4) is 0 Å². The summed E-state index contributed by atoms with van der Waals surface area (Å²) in [7, 11) is -3.98. The first-order valence-corrected chi connectivity index (χ1v) is 7.30. The summed E-state index contributed by atoms with van der Waals surface area (Å²) in [6.45, 7) is 0.174. The van der Waals surface area contributed by atoms with Crippen LogP contribution in [0.4, 0.5) is 0 Å². The molecule has 0 spiro atoms. The second-order valence-electron chi connectivity index (χ2n) is 3.29. The standard InChI is InChI=1S/C8H9N4O3PS/c13-16(14,15)5-4-12-6-7(17-11-12)8-9-2-1-3-10-8/h1-3,6H,4-5H2,(H-,13,14,15)/p+1. The van der Waals surface area contributed by atoms with Crippen LogP contribution >= 0.6 is 19.1 Å². The minimum atomic E-state index is -3.98. The molecule has 2 aromatic rings. The van der Waals surface area contributed by atoms with Crippen LogP contribution in [0.5, 0.6) is 0 Å². The number of rotatable bonds is 4. The van der Waals surface area contributed by atoms with Crippen molar-refractivity contribution < 1.29 is 19.0 Å². The zero-order valence-electron chi connectivity index (χ0n) is 8.67. The molecule has 2 heterocycles. The van der Waals surface area contributed by atoms with Gasteiger partial charge in [-0.05, 0) is 6.07 Å². The van der Waals surface area contributed by atoms with Crippen molar-refractivity contribution in [3.63, 3.8) is 0 Å². The van der Waals surface area contributed by atoms with E-state index in [4.69, 9.17) is 9.79 Å². The van der Waals surface area contributed by atoms with E-state index in [1.165, 1.54) is 16.2 Å². The summed E-state index contributed by atoms with van der Waals surface area (Å²) >= 11 is 1.19. The summed E-state index contributed by atoms with van der Waals surface area (Å²) in [6, 6.07) is 1.71. The molecule has 0 unspecified atom stereocenters. The molecule has 0 atom stereocenters. The third kappa shape index (κ3) is 3.64. The van der Waals surface area contributed by atoms with E-state index < -0.39 is 7.60 Å². The van der Waals surface area contributed by atoms with Crippen LogP contribution in [0.2, 0.25) is 0 Å². The molecule has 0 aliphatic rings. The Bertz CT molecular complexity index is 541. The maximum Gasteiger partial charge on any atom is 0.332 e. The molecule has 2 N–H and O–H groups in total. The average molecular weight is 273 g/mol. The molecular weight excluding hydrogens is 263 g/mol. The highest BCUT2D eigenvalue weighted by Gasteiger charge is 2.19. The molecule has 0 bridgehead atoms. The van der Waals surface area contributed by atoms with Gasteiger partial charge in [-0.15, -0.1) is 0 Å². The number of nitrogens with zero attached hydrogens (tertiary/aromatic N) is 4. The summed E-state index contributed by atoms with van der Waals surface area (Å²) in [4.78, 5) is 26.4. The maximum absolute atomic E-state index is 10.7. The lowest BCUT2D eigenvalue weighted by atomic mass is 10.5. The molecule has 2 rings (SSSR count). The summed E-state index contributed by atoms with van der Waals surface area (Å²) in [6.07, 6.45) is 4.70. The van der Waals surface area contributed by atoms with E-state index in [9.17, 15) is 4.57 Å². The SMILES string of the molecule is O=P(O)(O)CC[n+]1cc(-c2ncccn2)sn1.